The fourth-order valence-electron chi connectivity index (χ4n) is 7.55. The van der Waals surface area contributed by atoms with E-state index in [1.807, 2.05) is 30.3 Å². The summed E-state index contributed by atoms with van der Waals surface area (Å²) >= 11 is 0. The number of anilines is 3. The van der Waals surface area contributed by atoms with Crippen LogP contribution in [0.1, 0.15) is 0 Å². The van der Waals surface area contributed by atoms with Gasteiger partial charge in [0.1, 0.15) is 0 Å². The third-order valence-corrected chi connectivity index (χ3v) is 9.95. The minimum absolute atomic E-state index is 0.864. The molecule has 4 heteroatoms. The SMILES string of the molecule is c1ccc(-c2nc3ccccc3nc2-c2ccc(N(c3ccc4c(c3)c3ccccc3n4-c3ccccc3)c3cccc4ccccc34)cc2)cc1. The Hall–Kier alpha value is -7.04. The van der Waals surface area contributed by atoms with E-state index in [2.05, 4.69) is 173 Å². The fourth-order valence-corrected chi connectivity index (χ4v) is 7.55. The molecule has 0 saturated heterocycles. The van der Waals surface area contributed by atoms with Crippen LogP contribution < -0.4 is 4.90 Å². The lowest BCUT2D eigenvalue weighted by molar-refractivity contribution is 1.18. The Balaban J connectivity index is 1.17. The predicted molar refractivity (Wildman–Crippen MR) is 217 cm³/mol. The van der Waals surface area contributed by atoms with Gasteiger partial charge in [-0.2, -0.15) is 0 Å². The Morgan fingerprint density at radius 3 is 1.69 bits per heavy atom. The second-order valence-electron chi connectivity index (χ2n) is 13.0. The van der Waals surface area contributed by atoms with Crippen LogP contribution in [0.4, 0.5) is 17.1 Å². The molecule has 0 aliphatic rings. The molecule has 0 spiro atoms. The van der Waals surface area contributed by atoms with Crippen LogP contribution in [0.3, 0.4) is 0 Å². The summed E-state index contributed by atoms with van der Waals surface area (Å²) in [5.41, 5.74) is 12.3. The molecule has 52 heavy (non-hydrogen) atoms. The van der Waals surface area contributed by atoms with Crippen molar-refractivity contribution in [3.05, 3.63) is 194 Å². The first-order valence-corrected chi connectivity index (χ1v) is 17.6. The van der Waals surface area contributed by atoms with Crippen molar-refractivity contribution in [3.63, 3.8) is 0 Å². The monoisotopic (exact) mass is 664 g/mol. The molecule has 2 heterocycles. The topological polar surface area (TPSA) is 34.0 Å². The molecule has 0 aliphatic heterocycles. The van der Waals surface area contributed by atoms with Crippen LogP contribution in [0, 0.1) is 0 Å². The van der Waals surface area contributed by atoms with Crippen LogP contribution >= 0.6 is 0 Å². The maximum absolute atomic E-state index is 5.17. The van der Waals surface area contributed by atoms with E-state index in [-0.39, 0.29) is 0 Å². The normalized spacial score (nSPS) is 11.5. The van der Waals surface area contributed by atoms with E-state index in [4.69, 9.17) is 9.97 Å². The minimum atomic E-state index is 0.864. The van der Waals surface area contributed by atoms with Crippen LogP contribution in [-0.4, -0.2) is 14.5 Å². The highest BCUT2D eigenvalue weighted by Gasteiger charge is 2.20. The Morgan fingerprint density at radius 2 is 0.942 bits per heavy atom. The summed E-state index contributed by atoms with van der Waals surface area (Å²) in [6.07, 6.45) is 0. The summed E-state index contributed by atoms with van der Waals surface area (Å²) in [6, 6.07) is 68.5. The van der Waals surface area contributed by atoms with Crippen molar-refractivity contribution in [3.8, 4) is 28.2 Å². The highest BCUT2D eigenvalue weighted by Crippen LogP contribution is 2.43. The number of aromatic nitrogens is 3. The number of para-hydroxylation sites is 4. The Bertz CT molecular complexity index is 2890. The van der Waals surface area contributed by atoms with Crippen LogP contribution in [0.15, 0.2) is 194 Å². The molecule has 0 saturated carbocycles. The molecule has 10 aromatic rings. The van der Waals surface area contributed by atoms with E-state index >= 15 is 0 Å². The average molecular weight is 665 g/mol. The van der Waals surface area contributed by atoms with E-state index in [0.29, 0.717) is 0 Å². The molecule has 0 atom stereocenters. The summed E-state index contributed by atoms with van der Waals surface area (Å²) in [5.74, 6) is 0. The van der Waals surface area contributed by atoms with Gasteiger partial charge in [0.15, 0.2) is 0 Å². The van der Waals surface area contributed by atoms with Crippen molar-refractivity contribution < 1.29 is 0 Å². The molecule has 4 nitrogen and oxygen atoms in total. The van der Waals surface area contributed by atoms with Crippen molar-refractivity contribution >= 4 is 60.7 Å². The number of fused-ring (bicyclic) bond motifs is 5. The van der Waals surface area contributed by atoms with Crippen molar-refractivity contribution in [2.75, 3.05) is 4.90 Å². The second kappa shape index (κ2) is 12.4. The summed E-state index contributed by atoms with van der Waals surface area (Å²) in [6.45, 7) is 0. The molecule has 0 bridgehead atoms. The molecular weight excluding hydrogens is 633 g/mol. The van der Waals surface area contributed by atoms with E-state index in [0.717, 1.165) is 56.3 Å². The molecule has 0 radical (unpaired) electrons. The number of hydrogen-bond donors (Lipinski definition) is 0. The lowest BCUT2D eigenvalue weighted by atomic mass is 10.0. The average Bonchev–Trinajstić information content (AvgIpc) is 3.55. The fraction of sp³-hybridized carbons (Fsp3) is 0. The number of benzene rings is 8. The maximum Gasteiger partial charge on any atom is 0.0973 e. The molecular formula is C48H32N4. The Labute approximate surface area is 301 Å². The van der Waals surface area contributed by atoms with Gasteiger partial charge in [-0.3, -0.25) is 0 Å². The minimum Gasteiger partial charge on any atom is -0.310 e. The van der Waals surface area contributed by atoms with Crippen LogP contribution in [0.25, 0.3) is 71.8 Å². The Morgan fingerprint density at radius 1 is 0.385 bits per heavy atom. The van der Waals surface area contributed by atoms with E-state index in [9.17, 15) is 0 Å². The zero-order chi connectivity index (χ0) is 34.4. The molecule has 0 fully saturated rings. The summed E-state index contributed by atoms with van der Waals surface area (Å²) < 4.78 is 2.36. The predicted octanol–water partition coefficient (Wildman–Crippen LogP) is 12.7. The van der Waals surface area contributed by atoms with Gasteiger partial charge in [0.2, 0.25) is 0 Å². The van der Waals surface area contributed by atoms with Crippen molar-refractivity contribution in [2.24, 2.45) is 0 Å². The largest absolute Gasteiger partial charge is 0.310 e. The lowest BCUT2D eigenvalue weighted by Gasteiger charge is -2.27. The highest BCUT2D eigenvalue weighted by molar-refractivity contribution is 6.11. The first-order valence-electron chi connectivity index (χ1n) is 17.6. The van der Waals surface area contributed by atoms with Gasteiger partial charge in [0, 0.05) is 44.3 Å². The molecule has 244 valence electrons. The third kappa shape index (κ3) is 5.00. The van der Waals surface area contributed by atoms with Gasteiger partial charge >= 0.3 is 0 Å². The van der Waals surface area contributed by atoms with E-state index < -0.39 is 0 Å². The zero-order valence-corrected chi connectivity index (χ0v) is 28.3. The van der Waals surface area contributed by atoms with Gasteiger partial charge in [-0.15, -0.1) is 0 Å². The van der Waals surface area contributed by atoms with E-state index in [1.54, 1.807) is 0 Å². The smallest absolute Gasteiger partial charge is 0.0973 e. The van der Waals surface area contributed by atoms with Crippen LogP contribution in [0.5, 0.6) is 0 Å². The molecule has 8 aromatic carbocycles. The summed E-state index contributed by atoms with van der Waals surface area (Å²) in [5, 5.41) is 4.81. The van der Waals surface area contributed by atoms with Gasteiger partial charge in [-0.25, -0.2) is 9.97 Å². The summed E-state index contributed by atoms with van der Waals surface area (Å²) in [7, 11) is 0. The van der Waals surface area contributed by atoms with Gasteiger partial charge in [-0.1, -0.05) is 127 Å². The first-order chi connectivity index (χ1) is 25.8. The molecule has 0 unspecified atom stereocenters. The van der Waals surface area contributed by atoms with Crippen molar-refractivity contribution in [1.82, 2.24) is 14.5 Å². The van der Waals surface area contributed by atoms with Crippen LogP contribution in [-0.2, 0) is 0 Å². The second-order valence-corrected chi connectivity index (χ2v) is 13.0. The molecule has 0 amide bonds. The van der Waals surface area contributed by atoms with Crippen molar-refractivity contribution in [2.45, 2.75) is 0 Å². The van der Waals surface area contributed by atoms with E-state index in [1.165, 1.54) is 32.6 Å². The quantitative estimate of drug-likeness (QED) is 0.177. The lowest BCUT2D eigenvalue weighted by Crippen LogP contribution is -2.10. The molecule has 0 N–H and O–H groups in total. The van der Waals surface area contributed by atoms with Gasteiger partial charge in [0.25, 0.3) is 0 Å². The number of nitrogens with zero attached hydrogens (tertiary/aromatic N) is 4. The highest BCUT2D eigenvalue weighted by atomic mass is 15.1. The van der Waals surface area contributed by atoms with Gasteiger partial charge in [-0.05, 0) is 72.1 Å². The third-order valence-electron chi connectivity index (χ3n) is 9.95. The molecule has 0 aliphatic carbocycles. The maximum atomic E-state index is 5.17. The number of rotatable bonds is 6. The molecule has 10 rings (SSSR count). The zero-order valence-electron chi connectivity index (χ0n) is 28.3. The van der Waals surface area contributed by atoms with Gasteiger partial charge in [0.05, 0.1) is 39.1 Å². The standard InChI is InChI=1S/C48H32N4/c1-3-15-34(16-4-1)47-48(50-43-23-11-10-22-42(43)49-47)35-26-28-37(29-27-35)51(44-25-13-17-33-14-7-8-20-39(33)44)38-30-31-46-41(32-38)40-21-9-12-24-45(40)52(46)36-18-5-2-6-19-36/h1-32H. The van der Waals surface area contributed by atoms with Gasteiger partial charge < -0.3 is 9.47 Å². The Kier molecular flexibility index (Phi) is 7.10. The molecule has 2 aromatic heterocycles. The number of hydrogen-bond acceptors (Lipinski definition) is 3. The first kappa shape index (κ1) is 29.8. The van der Waals surface area contributed by atoms with Crippen molar-refractivity contribution in [1.29, 1.82) is 0 Å². The van der Waals surface area contributed by atoms with Crippen LogP contribution in [0.2, 0.25) is 0 Å². The summed E-state index contributed by atoms with van der Waals surface area (Å²) in [4.78, 5) is 12.7.